The fourth-order valence-electron chi connectivity index (χ4n) is 3.70. The third-order valence-corrected chi connectivity index (χ3v) is 5.36. The molecular weight excluding hydrogens is 278 g/mol. The highest BCUT2D eigenvalue weighted by atomic mass is 35.5. The van der Waals surface area contributed by atoms with Crippen LogP contribution in [0.4, 0.5) is 0 Å². The highest BCUT2D eigenvalue weighted by molar-refractivity contribution is 6.30. The lowest BCUT2D eigenvalue weighted by Gasteiger charge is -2.38. The van der Waals surface area contributed by atoms with Crippen molar-refractivity contribution < 1.29 is 0 Å². The topological polar surface area (TPSA) is 12.0 Å². The molecule has 1 fully saturated rings. The molecular formula is C19H30ClN. The summed E-state index contributed by atoms with van der Waals surface area (Å²) in [7, 11) is 0. The van der Waals surface area contributed by atoms with Gasteiger partial charge in [0, 0.05) is 5.02 Å². The maximum atomic E-state index is 6.06. The minimum atomic E-state index is 0.688. The van der Waals surface area contributed by atoms with Gasteiger partial charge in [-0.25, -0.2) is 0 Å². The monoisotopic (exact) mass is 307 g/mol. The lowest BCUT2D eigenvalue weighted by molar-refractivity contribution is 0.190. The first-order valence-corrected chi connectivity index (χ1v) is 8.95. The first-order valence-electron chi connectivity index (χ1n) is 8.58. The Hall–Kier alpha value is -0.530. The number of halogens is 1. The molecule has 1 aromatic carbocycles. The van der Waals surface area contributed by atoms with E-state index in [0.29, 0.717) is 5.92 Å². The summed E-state index contributed by atoms with van der Waals surface area (Å²) in [5, 5.41) is 4.48. The molecule has 2 heteroatoms. The predicted octanol–water partition coefficient (Wildman–Crippen LogP) is 5.50. The third kappa shape index (κ3) is 4.72. The van der Waals surface area contributed by atoms with Gasteiger partial charge < -0.3 is 5.32 Å². The summed E-state index contributed by atoms with van der Waals surface area (Å²) in [5.74, 6) is 3.12. The van der Waals surface area contributed by atoms with E-state index in [1.165, 1.54) is 31.2 Å². The average molecular weight is 308 g/mol. The Morgan fingerprint density at radius 1 is 1.19 bits per heavy atom. The highest BCUT2D eigenvalue weighted by Crippen LogP contribution is 2.43. The van der Waals surface area contributed by atoms with E-state index >= 15 is 0 Å². The van der Waals surface area contributed by atoms with Gasteiger partial charge in [-0.1, -0.05) is 44.5 Å². The maximum absolute atomic E-state index is 6.06. The normalized spacial score (nSPS) is 26.2. The zero-order valence-electron chi connectivity index (χ0n) is 13.7. The summed E-state index contributed by atoms with van der Waals surface area (Å²) in [6.07, 6.45) is 5.29. The maximum Gasteiger partial charge on any atom is 0.0406 e. The molecule has 0 spiro atoms. The summed E-state index contributed by atoms with van der Waals surface area (Å²) in [4.78, 5) is 0. The first kappa shape index (κ1) is 16.8. The molecule has 1 aliphatic rings. The Bertz CT molecular complexity index is 412. The van der Waals surface area contributed by atoms with Crippen molar-refractivity contribution in [3.05, 3.63) is 34.9 Å². The standard InChI is InChI=1S/C19H30ClN/c1-4-11-21-13-17-6-5-16(14(2)3)12-19(17)15-7-9-18(20)10-8-15/h7-10,14,16-17,19,21H,4-6,11-13H2,1-3H3. The lowest BCUT2D eigenvalue weighted by Crippen LogP contribution is -2.33. The quantitative estimate of drug-likeness (QED) is 0.685. The van der Waals surface area contributed by atoms with Gasteiger partial charge >= 0.3 is 0 Å². The van der Waals surface area contributed by atoms with Crippen molar-refractivity contribution in [1.82, 2.24) is 5.32 Å². The molecule has 0 saturated heterocycles. The van der Waals surface area contributed by atoms with E-state index in [4.69, 9.17) is 11.6 Å². The SMILES string of the molecule is CCCNCC1CCC(C(C)C)CC1c1ccc(Cl)cc1. The van der Waals surface area contributed by atoms with Gasteiger partial charge in [-0.15, -0.1) is 0 Å². The summed E-state index contributed by atoms with van der Waals surface area (Å²) in [5.41, 5.74) is 1.48. The molecule has 0 heterocycles. The molecule has 0 aromatic heterocycles. The molecule has 1 saturated carbocycles. The van der Waals surface area contributed by atoms with Gasteiger partial charge in [0.15, 0.2) is 0 Å². The van der Waals surface area contributed by atoms with Crippen molar-refractivity contribution >= 4 is 11.6 Å². The van der Waals surface area contributed by atoms with Gasteiger partial charge in [0.1, 0.15) is 0 Å². The molecule has 21 heavy (non-hydrogen) atoms. The van der Waals surface area contributed by atoms with Gasteiger partial charge in [-0.05, 0) is 80.1 Å². The second-order valence-electron chi connectivity index (χ2n) is 6.94. The van der Waals surface area contributed by atoms with E-state index in [1.807, 2.05) is 12.1 Å². The lowest BCUT2D eigenvalue weighted by atomic mass is 9.68. The fourth-order valence-corrected chi connectivity index (χ4v) is 3.82. The van der Waals surface area contributed by atoms with Crippen LogP contribution in [0, 0.1) is 17.8 Å². The molecule has 1 aliphatic carbocycles. The van der Waals surface area contributed by atoms with Crippen LogP contribution >= 0.6 is 11.6 Å². The Labute approximate surface area is 135 Å². The third-order valence-electron chi connectivity index (χ3n) is 5.11. The minimum Gasteiger partial charge on any atom is -0.316 e. The van der Waals surface area contributed by atoms with Crippen LogP contribution in [0.15, 0.2) is 24.3 Å². The molecule has 118 valence electrons. The molecule has 0 aliphatic heterocycles. The summed E-state index contributed by atoms with van der Waals surface area (Å²) in [6, 6.07) is 8.57. The Kier molecular flexibility index (Phi) is 6.57. The molecule has 0 radical (unpaired) electrons. The summed E-state index contributed by atoms with van der Waals surface area (Å²) in [6.45, 7) is 9.28. The molecule has 3 unspecified atom stereocenters. The zero-order valence-corrected chi connectivity index (χ0v) is 14.5. The number of hydrogen-bond donors (Lipinski definition) is 1. The molecule has 1 N–H and O–H groups in total. The number of benzene rings is 1. The molecule has 1 nitrogen and oxygen atoms in total. The van der Waals surface area contributed by atoms with Crippen LogP contribution in [-0.4, -0.2) is 13.1 Å². The molecule has 3 atom stereocenters. The van der Waals surface area contributed by atoms with E-state index in [0.717, 1.165) is 35.9 Å². The van der Waals surface area contributed by atoms with Crippen molar-refractivity contribution in [3.8, 4) is 0 Å². The minimum absolute atomic E-state index is 0.688. The van der Waals surface area contributed by atoms with E-state index in [-0.39, 0.29) is 0 Å². The van der Waals surface area contributed by atoms with E-state index in [1.54, 1.807) is 0 Å². The second-order valence-corrected chi connectivity index (χ2v) is 7.38. The van der Waals surface area contributed by atoms with Crippen LogP contribution in [0.25, 0.3) is 0 Å². The van der Waals surface area contributed by atoms with Gasteiger partial charge in [0.25, 0.3) is 0 Å². The average Bonchev–Trinajstić information content (AvgIpc) is 2.48. The van der Waals surface area contributed by atoms with Gasteiger partial charge in [-0.2, -0.15) is 0 Å². The molecule has 0 bridgehead atoms. The summed E-state index contributed by atoms with van der Waals surface area (Å²) >= 11 is 6.06. The number of rotatable bonds is 6. The van der Waals surface area contributed by atoms with Crippen molar-refractivity contribution in [2.45, 2.75) is 52.4 Å². The number of hydrogen-bond acceptors (Lipinski definition) is 1. The van der Waals surface area contributed by atoms with Crippen LogP contribution in [0.2, 0.25) is 5.02 Å². The van der Waals surface area contributed by atoms with Gasteiger partial charge in [-0.3, -0.25) is 0 Å². The van der Waals surface area contributed by atoms with Crippen molar-refractivity contribution in [1.29, 1.82) is 0 Å². The Balaban J connectivity index is 2.09. The fraction of sp³-hybridized carbons (Fsp3) is 0.684. The first-order chi connectivity index (χ1) is 10.1. The van der Waals surface area contributed by atoms with E-state index < -0.39 is 0 Å². The van der Waals surface area contributed by atoms with Gasteiger partial charge in [0.2, 0.25) is 0 Å². The van der Waals surface area contributed by atoms with E-state index in [2.05, 4.69) is 38.2 Å². The molecule has 1 aromatic rings. The Morgan fingerprint density at radius 2 is 1.90 bits per heavy atom. The van der Waals surface area contributed by atoms with Crippen LogP contribution in [0.3, 0.4) is 0 Å². The zero-order chi connectivity index (χ0) is 15.2. The van der Waals surface area contributed by atoms with Crippen LogP contribution in [-0.2, 0) is 0 Å². The largest absolute Gasteiger partial charge is 0.316 e. The van der Waals surface area contributed by atoms with Crippen LogP contribution in [0.5, 0.6) is 0 Å². The van der Waals surface area contributed by atoms with Crippen molar-refractivity contribution in [3.63, 3.8) is 0 Å². The van der Waals surface area contributed by atoms with Crippen molar-refractivity contribution in [2.75, 3.05) is 13.1 Å². The second kappa shape index (κ2) is 8.19. The predicted molar refractivity (Wildman–Crippen MR) is 93.0 cm³/mol. The summed E-state index contributed by atoms with van der Waals surface area (Å²) < 4.78 is 0. The highest BCUT2D eigenvalue weighted by Gasteiger charge is 2.32. The smallest absolute Gasteiger partial charge is 0.0406 e. The van der Waals surface area contributed by atoms with E-state index in [9.17, 15) is 0 Å². The van der Waals surface area contributed by atoms with Gasteiger partial charge in [0.05, 0.1) is 0 Å². The van der Waals surface area contributed by atoms with Crippen molar-refractivity contribution in [2.24, 2.45) is 17.8 Å². The van der Waals surface area contributed by atoms with Crippen LogP contribution in [0.1, 0.15) is 57.9 Å². The number of nitrogens with one attached hydrogen (secondary N) is 1. The van der Waals surface area contributed by atoms with Crippen LogP contribution < -0.4 is 5.32 Å². The Morgan fingerprint density at radius 3 is 2.52 bits per heavy atom. The molecule has 0 amide bonds. The molecule has 2 rings (SSSR count).